The van der Waals surface area contributed by atoms with E-state index in [0.29, 0.717) is 22.0 Å². The molecule has 1 heterocycles. The van der Waals surface area contributed by atoms with Crippen molar-refractivity contribution in [1.29, 1.82) is 0 Å². The number of hydrogen-bond donors (Lipinski definition) is 0. The maximum Gasteiger partial charge on any atom is 0.243 e. The molecule has 1 atom stereocenters. The Bertz CT molecular complexity index is 1350. The Balaban J connectivity index is 1.69. The molecule has 0 spiro atoms. The lowest BCUT2D eigenvalue weighted by Gasteiger charge is -2.28. The van der Waals surface area contributed by atoms with E-state index in [-0.39, 0.29) is 29.9 Å². The molecule has 0 aromatic heterocycles. The van der Waals surface area contributed by atoms with Gasteiger partial charge in [-0.05, 0) is 79.1 Å². The fraction of sp³-hybridized carbons (Fsp3) is 0.208. The Morgan fingerprint density at radius 1 is 1.03 bits per heavy atom. The van der Waals surface area contributed by atoms with Crippen molar-refractivity contribution in [2.75, 3.05) is 11.4 Å². The van der Waals surface area contributed by atoms with Gasteiger partial charge in [0.15, 0.2) is 0 Å². The minimum atomic E-state index is -4.00. The number of anilines is 1. The van der Waals surface area contributed by atoms with Gasteiger partial charge in [0.25, 0.3) is 0 Å². The van der Waals surface area contributed by atoms with E-state index < -0.39 is 10.0 Å². The Labute approximate surface area is 226 Å². The zero-order valence-electron chi connectivity index (χ0n) is 18.0. The van der Waals surface area contributed by atoms with Crippen LogP contribution in [0.15, 0.2) is 74.5 Å². The van der Waals surface area contributed by atoms with E-state index in [4.69, 9.17) is 23.2 Å². The van der Waals surface area contributed by atoms with Crippen LogP contribution in [0.5, 0.6) is 0 Å². The van der Waals surface area contributed by atoms with Crippen molar-refractivity contribution in [1.82, 2.24) is 4.31 Å². The summed E-state index contributed by atoms with van der Waals surface area (Å²) in [6, 6.07) is 16.8. The number of rotatable bonds is 6. The molecule has 1 aliphatic rings. The van der Waals surface area contributed by atoms with E-state index in [9.17, 15) is 13.2 Å². The number of carbonyl (C=O) groups excluding carboxylic acids is 1. The summed E-state index contributed by atoms with van der Waals surface area (Å²) in [7, 11) is -4.00. The molecule has 0 saturated carbocycles. The van der Waals surface area contributed by atoms with Crippen LogP contribution in [0.3, 0.4) is 0 Å². The molecule has 4 rings (SSSR count). The van der Waals surface area contributed by atoms with Crippen molar-refractivity contribution in [3.8, 4) is 0 Å². The van der Waals surface area contributed by atoms with Crippen molar-refractivity contribution in [2.45, 2.75) is 30.8 Å². The highest BCUT2D eigenvalue weighted by Crippen LogP contribution is 2.35. The normalized spacial score (nSPS) is 15.6. The molecule has 3 aromatic rings. The Morgan fingerprint density at radius 3 is 2.38 bits per heavy atom. The second kappa shape index (κ2) is 10.3. The van der Waals surface area contributed by atoms with Crippen molar-refractivity contribution >= 4 is 76.7 Å². The Hall–Kier alpha value is -1.42. The number of nitrogens with zero attached hydrogens (tertiary/aromatic N) is 2. The molecule has 5 nitrogen and oxygen atoms in total. The summed E-state index contributed by atoms with van der Waals surface area (Å²) in [6.45, 7) is 1.54. The van der Waals surface area contributed by atoms with E-state index in [1.165, 1.54) is 12.1 Å². The second-order valence-corrected chi connectivity index (χ2v) is 12.7. The molecule has 0 saturated heterocycles. The molecule has 178 valence electrons. The molecular weight excluding hydrogens is 627 g/mol. The predicted octanol–water partition coefficient (Wildman–Crippen LogP) is 6.69. The summed E-state index contributed by atoms with van der Waals surface area (Å²) < 4.78 is 30.1. The molecule has 0 aliphatic carbocycles. The van der Waals surface area contributed by atoms with Crippen LogP contribution in [0.1, 0.15) is 18.1 Å². The average Bonchev–Trinajstić information content (AvgIpc) is 3.10. The number of hydrogen-bond acceptors (Lipinski definition) is 3. The first-order valence-electron chi connectivity index (χ1n) is 10.4. The lowest BCUT2D eigenvalue weighted by Crippen LogP contribution is -2.44. The summed E-state index contributed by atoms with van der Waals surface area (Å²) in [5.41, 5.74) is 2.39. The van der Waals surface area contributed by atoms with Gasteiger partial charge in [0.1, 0.15) is 0 Å². The van der Waals surface area contributed by atoms with E-state index >= 15 is 0 Å². The molecule has 10 heteroatoms. The Kier molecular flexibility index (Phi) is 7.77. The molecule has 1 aliphatic heterocycles. The topological polar surface area (TPSA) is 57.7 Å². The van der Waals surface area contributed by atoms with Crippen molar-refractivity contribution in [2.24, 2.45) is 0 Å². The van der Waals surface area contributed by atoms with E-state index in [1.807, 2.05) is 25.1 Å². The SMILES string of the molecule is C[C@@H]1Cc2cc(Br)ccc2N1C(=O)CN(Cc1ccc(Cl)cc1Cl)S(=O)(=O)c1ccc(Br)cc1. The molecule has 1 amide bonds. The fourth-order valence-electron chi connectivity index (χ4n) is 4.03. The van der Waals surface area contributed by atoms with Crippen LogP contribution in [0.25, 0.3) is 0 Å². The van der Waals surface area contributed by atoms with Crippen molar-refractivity contribution in [3.63, 3.8) is 0 Å². The summed E-state index contributed by atoms with van der Waals surface area (Å²) in [6.07, 6.45) is 0.697. The summed E-state index contributed by atoms with van der Waals surface area (Å²) in [4.78, 5) is 15.3. The number of fused-ring (bicyclic) bond motifs is 1. The van der Waals surface area contributed by atoms with Crippen LogP contribution in [0.2, 0.25) is 10.0 Å². The Morgan fingerprint density at radius 2 is 1.71 bits per heavy atom. The molecule has 3 aromatic carbocycles. The van der Waals surface area contributed by atoms with Gasteiger partial charge in [0.05, 0.1) is 11.4 Å². The van der Waals surface area contributed by atoms with Crippen LogP contribution >= 0.6 is 55.1 Å². The monoisotopic (exact) mass is 644 g/mol. The number of amides is 1. The first-order chi connectivity index (χ1) is 16.1. The highest BCUT2D eigenvalue weighted by atomic mass is 79.9. The van der Waals surface area contributed by atoms with E-state index in [2.05, 4.69) is 31.9 Å². The highest BCUT2D eigenvalue weighted by Gasteiger charge is 2.35. The third-order valence-electron chi connectivity index (χ3n) is 5.65. The fourth-order valence-corrected chi connectivity index (χ4v) is 6.54. The van der Waals surface area contributed by atoms with Gasteiger partial charge in [0.2, 0.25) is 15.9 Å². The number of halogens is 4. The lowest BCUT2D eigenvalue weighted by atomic mass is 10.1. The number of benzene rings is 3. The number of sulfonamides is 1. The van der Waals surface area contributed by atoms with Crippen molar-refractivity contribution < 1.29 is 13.2 Å². The van der Waals surface area contributed by atoms with Crippen LogP contribution < -0.4 is 4.90 Å². The zero-order chi connectivity index (χ0) is 24.6. The standard InChI is InChI=1S/C24H20Br2Cl2N2O3S/c1-15-10-17-11-19(26)5-9-23(17)30(15)24(31)14-29(13-16-2-6-20(27)12-22(16)28)34(32,33)21-7-3-18(25)4-8-21/h2-9,11-12,15H,10,13-14H2,1H3/t15-/m1/s1. The minimum absolute atomic E-state index is 0.0739. The van der Waals surface area contributed by atoms with Gasteiger partial charge in [-0.15, -0.1) is 0 Å². The van der Waals surface area contributed by atoms with Gasteiger partial charge >= 0.3 is 0 Å². The third kappa shape index (κ3) is 5.37. The van der Waals surface area contributed by atoms with Crippen LogP contribution in [0, 0.1) is 0 Å². The molecule has 0 unspecified atom stereocenters. The first kappa shape index (κ1) is 25.7. The van der Waals surface area contributed by atoms with Gasteiger partial charge in [-0.25, -0.2) is 8.42 Å². The number of carbonyl (C=O) groups is 1. The first-order valence-corrected chi connectivity index (χ1v) is 14.1. The smallest absolute Gasteiger partial charge is 0.243 e. The zero-order valence-corrected chi connectivity index (χ0v) is 23.5. The molecule has 0 N–H and O–H groups in total. The molecular formula is C24H20Br2Cl2N2O3S. The predicted molar refractivity (Wildman–Crippen MR) is 143 cm³/mol. The third-order valence-corrected chi connectivity index (χ3v) is 9.07. The summed E-state index contributed by atoms with van der Waals surface area (Å²) in [5, 5.41) is 0.779. The maximum absolute atomic E-state index is 13.6. The molecule has 0 bridgehead atoms. The van der Waals surface area contributed by atoms with Crippen LogP contribution in [-0.2, 0) is 27.8 Å². The minimum Gasteiger partial charge on any atom is -0.308 e. The second-order valence-electron chi connectivity index (χ2n) is 8.05. The van der Waals surface area contributed by atoms with Crippen LogP contribution in [0.4, 0.5) is 5.69 Å². The highest BCUT2D eigenvalue weighted by molar-refractivity contribution is 9.10. The van der Waals surface area contributed by atoms with E-state index in [1.54, 1.807) is 35.2 Å². The van der Waals surface area contributed by atoms with Gasteiger partial charge in [-0.3, -0.25) is 4.79 Å². The van der Waals surface area contributed by atoms with Crippen molar-refractivity contribution in [3.05, 3.63) is 90.8 Å². The summed E-state index contributed by atoms with van der Waals surface area (Å²) >= 11 is 19.2. The lowest BCUT2D eigenvalue weighted by molar-refractivity contribution is -0.119. The largest absolute Gasteiger partial charge is 0.308 e. The molecule has 34 heavy (non-hydrogen) atoms. The van der Waals surface area contributed by atoms with Gasteiger partial charge in [-0.2, -0.15) is 4.31 Å². The molecule has 0 radical (unpaired) electrons. The quantitative estimate of drug-likeness (QED) is 0.300. The van der Waals surface area contributed by atoms with Gasteiger partial charge < -0.3 is 4.90 Å². The average molecular weight is 647 g/mol. The molecule has 0 fully saturated rings. The summed E-state index contributed by atoms with van der Waals surface area (Å²) in [5.74, 6) is -0.306. The van der Waals surface area contributed by atoms with Gasteiger partial charge in [-0.1, -0.05) is 61.1 Å². The maximum atomic E-state index is 13.6. The van der Waals surface area contributed by atoms with E-state index in [0.717, 1.165) is 24.5 Å². The van der Waals surface area contributed by atoms with Gasteiger partial charge in [0, 0.05) is 37.3 Å². The van der Waals surface area contributed by atoms with Crippen LogP contribution in [-0.4, -0.2) is 31.2 Å².